The Kier molecular flexibility index (Phi) is 6.03. The van der Waals surface area contributed by atoms with Gasteiger partial charge in [0.25, 0.3) is 10.0 Å². The van der Waals surface area contributed by atoms with Gasteiger partial charge in [-0.1, -0.05) is 31.5 Å². The van der Waals surface area contributed by atoms with Crippen molar-refractivity contribution >= 4 is 27.4 Å². The van der Waals surface area contributed by atoms with Crippen LogP contribution in [-0.2, 0) is 10.0 Å². The minimum absolute atomic E-state index is 0.0614. The zero-order valence-corrected chi connectivity index (χ0v) is 15.0. The molecule has 0 aliphatic carbocycles. The molecule has 0 heterocycles. The number of aromatic carboxylic acids is 1. The van der Waals surface area contributed by atoms with E-state index in [1.807, 2.05) is 13.8 Å². The molecule has 7 heteroatoms. The summed E-state index contributed by atoms with van der Waals surface area (Å²) < 4.78 is 28.1. The Morgan fingerprint density at radius 1 is 1.16 bits per heavy atom. The summed E-state index contributed by atoms with van der Waals surface area (Å²) in [5.41, 5.74) is 0.715. The summed E-state index contributed by atoms with van der Waals surface area (Å²) in [6.45, 7) is 4.00. The van der Waals surface area contributed by atoms with E-state index >= 15 is 0 Å². The first-order chi connectivity index (χ1) is 11.8. The van der Waals surface area contributed by atoms with Gasteiger partial charge in [0.15, 0.2) is 0 Å². The van der Waals surface area contributed by atoms with Crippen molar-refractivity contribution in [3.05, 3.63) is 54.1 Å². The van der Waals surface area contributed by atoms with Gasteiger partial charge in [-0.3, -0.25) is 4.72 Å². The predicted octanol–water partition coefficient (Wildman–Crippen LogP) is 3.79. The molecule has 0 amide bonds. The molecule has 0 bridgehead atoms. The lowest BCUT2D eigenvalue weighted by Crippen LogP contribution is -2.20. The number of hydrogen-bond donors (Lipinski definition) is 3. The highest BCUT2D eigenvalue weighted by Gasteiger charge is 2.22. The number of hydrogen-bond acceptors (Lipinski definition) is 4. The highest BCUT2D eigenvalue weighted by atomic mass is 32.2. The zero-order chi connectivity index (χ0) is 18.4. The Bertz CT molecular complexity index is 835. The molecular weight excluding hydrogens is 340 g/mol. The number of carboxylic acids is 1. The first-order valence-corrected chi connectivity index (χ1v) is 9.53. The average molecular weight is 362 g/mol. The van der Waals surface area contributed by atoms with Gasteiger partial charge in [-0.15, -0.1) is 0 Å². The summed E-state index contributed by atoms with van der Waals surface area (Å²) in [5, 5.41) is 12.3. The Hall–Kier alpha value is -2.54. The Morgan fingerprint density at radius 2 is 1.84 bits per heavy atom. The maximum absolute atomic E-state index is 12.8. The van der Waals surface area contributed by atoms with Gasteiger partial charge < -0.3 is 10.4 Å². The highest BCUT2D eigenvalue weighted by Crippen LogP contribution is 2.26. The Morgan fingerprint density at radius 3 is 2.44 bits per heavy atom. The van der Waals surface area contributed by atoms with Crippen LogP contribution < -0.4 is 10.0 Å². The van der Waals surface area contributed by atoms with Gasteiger partial charge in [-0.05, 0) is 43.7 Å². The van der Waals surface area contributed by atoms with E-state index in [2.05, 4.69) is 10.0 Å². The number of anilines is 2. The smallest absolute Gasteiger partial charge is 0.335 e. The molecule has 2 rings (SSSR count). The van der Waals surface area contributed by atoms with E-state index in [1.54, 1.807) is 30.3 Å². The summed E-state index contributed by atoms with van der Waals surface area (Å²) in [4.78, 5) is 11.2. The Balaban J connectivity index is 2.44. The first-order valence-electron chi connectivity index (χ1n) is 8.05. The van der Waals surface area contributed by atoms with Crippen molar-refractivity contribution in [3.8, 4) is 0 Å². The molecule has 0 unspecified atom stereocenters. The topological polar surface area (TPSA) is 95.5 Å². The quantitative estimate of drug-likeness (QED) is 0.664. The van der Waals surface area contributed by atoms with E-state index in [0.29, 0.717) is 11.4 Å². The van der Waals surface area contributed by atoms with Crippen molar-refractivity contribution in [3.63, 3.8) is 0 Å². The minimum Gasteiger partial charge on any atom is -0.478 e. The second kappa shape index (κ2) is 8.02. The van der Waals surface area contributed by atoms with Crippen molar-refractivity contribution in [2.75, 3.05) is 10.0 Å². The second-order valence-electron chi connectivity index (χ2n) is 5.82. The van der Waals surface area contributed by atoms with Crippen LogP contribution >= 0.6 is 0 Å². The van der Waals surface area contributed by atoms with Crippen molar-refractivity contribution in [2.45, 2.75) is 37.6 Å². The van der Waals surface area contributed by atoms with Crippen LogP contribution in [0.5, 0.6) is 0 Å². The lowest BCUT2D eigenvalue weighted by Gasteiger charge is -2.18. The van der Waals surface area contributed by atoms with Crippen LogP contribution in [0.15, 0.2) is 53.4 Å². The number of carbonyl (C=O) groups is 1. The minimum atomic E-state index is -3.94. The molecule has 0 aromatic heterocycles. The van der Waals surface area contributed by atoms with Gasteiger partial charge in [0.2, 0.25) is 0 Å². The van der Waals surface area contributed by atoms with Crippen LogP contribution in [0.2, 0.25) is 0 Å². The van der Waals surface area contributed by atoms with Crippen LogP contribution in [0.25, 0.3) is 0 Å². The molecule has 3 N–H and O–H groups in total. The molecule has 0 radical (unpaired) electrons. The number of para-hydroxylation sites is 1. The number of carboxylic acid groups (broad SMARTS) is 1. The van der Waals surface area contributed by atoms with Crippen LogP contribution in [-0.4, -0.2) is 25.5 Å². The van der Waals surface area contributed by atoms with E-state index in [9.17, 15) is 18.3 Å². The predicted molar refractivity (Wildman–Crippen MR) is 98.6 cm³/mol. The normalized spacial score (nSPS) is 12.4. The third-order valence-electron chi connectivity index (χ3n) is 3.67. The molecule has 134 valence electrons. The molecule has 2 aromatic carbocycles. The molecule has 0 saturated carbocycles. The fourth-order valence-corrected chi connectivity index (χ4v) is 3.74. The molecule has 0 fully saturated rings. The molecule has 0 saturated heterocycles. The van der Waals surface area contributed by atoms with E-state index in [0.717, 1.165) is 12.8 Å². The maximum Gasteiger partial charge on any atom is 0.335 e. The van der Waals surface area contributed by atoms with E-state index < -0.39 is 16.0 Å². The van der Waals surface area contributed by atoms with Gasteiger partial charge in [-0.2, -0.15) is 0 Å². The number of nitrogens with one attached hydrogen (secondary N) is 2. The molecule has 25 heavy (non-hydrogen) atoms. The molecular formula is C18H22N2O4S. The fourth-order valence-electron chi connectivity index (χ4n) is 2.48. The number of sulfonamides is 1. The standard InChI is InChI=1S/C18H22N2O4S/c1-3-7-13(2)19-16-11-10-14(18(21)22)12-17(16)25(23,24)20-15-8-5-4-6-9-15/h4-6,8-13,19-20H,3,7H2,1-2H3,(H,21,22)/t13-/m0/s1. The molecule has 1 atom stereocenters. The van der Waals surface area contributed by atoms with Gasteiger partial charge in [0.1, 0.15) is 4.90 Å². The zero-order valence-electron chi connectivity index (χ0n) is 14.2. The molecule has 6 nitrogen and oxygen atoms in total. The lowest BCUT2D eigenvalue weighted by molar-refractivity contribution is 0.0696. The SMILES string of the molecule is CCC[C@H](C)Nc1ccc(C(=O)O)cc1S(=O)(=O)Nc1ccccc1. The van der Waals surface area contributed by atoms with Gasteiger partial charge in [0, 0.05) is 11.7 Å². The number of benzene rings is 2. The third kappa shape index (κ3) is 4.96. The van der Waals surface area contributed by atoms with Gasteiger partial charge in [0.05, 0.1) is 11.3 Å². The van der Waals surface area contributed by atoms with E-state index in [1.165, 1.54) is 18.2 Å². The van der Waals surface area contributed by atoms with Crippen molar-refractivity contribution in [1.82, 2.24) is 0 Å². The highest BCUT2D eigenvalue weighted by molar-refractivity contribution is 7.92. The summed E-state index contributed by atoms with van der Waals surface area (Å²) in [6, 6.07) is 12.6. The lowest BCUT2D eigenvalue weighted by atomic mass is 10.1. The maximum atomic E-state index is 12.8. The Labute approximate surface area is 147 Å². The van der Waals surface area contributed by atoms with Crippen molar-refractivity contribution < 1.29 is 18.3 Å². The van der Waals surface area contributed by atoms with Crippen LogP contribution in [0.1, 0.15) is 37.0 Å². The molecule has 2 aromatic rings. The fraction of sp³-hybridized carbons (Fsp3) is 0.278. The van der Waals surface area contributed by atoms with Gasteiger partial charge >= 0.3 is 5.97 Å². The first kappa shape index (κ1) is 18.8. The van der Waals surface area contributed by atoms with Crippen LogP contribution in [0, 0.1) is 0 Å². The number of rotatable bonds is 8. The second-order valence-corrected chi connectivity index (χ2v) is 7.47. The summed E-state index contributed by atoms with van der Waals surface area (Å²) in [5.74, 6) is -1.18. The summed E-state index contributed by atoms with van der Waals surface area (Å²) in [6.07, 6.45) is 1.82. The molecule has 0 spiro atoms. The van der Waals surface area contributed by atoms with Crippen LogP contribution in [0.3, 0.4) is 0 Å². The van der Waals surface area contributed by atoms with E-state index in [-0.39, 0.29) is 16.5 Å². The van der Waals surface area contributed by atoms with Crippen LogP contribution in [0.4, 0.5) is 11.4 Å². The largest absolute Gasteiger partial charge is 0.478 e. The van der Waals surface area contributed by atoms with E-state index in [4.69, 9.17) is 0 Å². The van der Waals surface area contributed by atoms with Gasteiger partial charge in [-0.25, -0.2) is 13.2 Å². The third-order valence-corrected chi connectivity index (χ3v) is 5.09. The summed E-state index contributed by atoms with van der Waals surface area (Å²) in [7, 11) is -3.94. The average Bonchev–Trinajstić information content (AvgIpc) is 2.55. The van der Waals surface area contributed by atoms with Crippen molar-refractivity contribution in [2.24, 2.45) is 0 Å². The summed E-state index contributed by atoms with van der Waals surface area (Å²) >= 11 is 0. The molecule has 0 aliphatic heterocycles. The molecule has 0 aliphatic rings. The van der Waals surface area contributed by atoms with Crippen molar-refractivity contribution in [1.29, 1.82) is 0 Å². The monoisotopic (exact) mass is 362 g/mol.